The number of hydrogen-bond acceptors (Lipinski definition) is 3. The Balaban J connectivity index is 3.23. The zero-order valence-electron chi connectivity index (χ0n) is 14.6. The van der Waals surface area contributed by atoms with Gasteiger partial charge in [-0.2, -0.15) is 0 Å². The van der Waals surface area contributed by atoms with Crippen LogP contribution in [-0.4, -0.2) is 26.2 Å². The molecule has 0 aliphatic rings. The molecule has 1 rings (SSSR count). The molecule has 0 aliphatic heterocycles. The van der Waals surface area contributed by atoms with Crippen molar-refractivity contribution in [2.24, 2.45) is 0 Å². The minimum atomic E-state index is 0.286. The van der Waals surface area contributed by atoms with Gasteiger partial charge in [-0.05, 0) is 52.3 Å². The number of nitrogens with one attached hydrogen (secondary N) is 1. The summed E-state index contributed by atoms with van der Waals surface area (Å²) in [6.45, 7) is 13.2. The van der Waals surface area contributed by atoms with E-state index in [2.05, 4.69) is 63.0 Å². The number of nitrogens with zero attached hydrogens (tertiary/aromatic N) is 1. The van der Waals surface area contributed by atoms with E-state index in [0.29, 0.717) is 6.04 Å². The minimum Gasteiger partial charge on any atom is -0.496 e. The molecule has 1 aromatic rings. The highest BCUT2D eigenvalue weighted by Gasteiger charge is 2.21. The van der Waals surface area contributed by atoms with Gasteiger partial charge in [0.15, 0.2) is 0 Å². The monoisotopic (exact) mass is 292 g/mol. The molecule has 0 fully saturated rings. The molecular weight excluding hydrogens is 260 g/mol. The number of rotatable bonds is 9. The van der Waals surface area contributed by atoms with Gasteiger partial charge in [0.05, 0.1) is 7.11 Å². The third-order valence-electron chi connectivity index (χ3n) is 4.17. The lowest BCUT2D eigenvalue weighted by molar-refractivity contribution is 0.401. The van der Waals surface area contributed by atoms with Gasteiger partial charge in [0.25, 0.3) is 0 Å². The van der Waals surface area contributed by atoms with Crippen molar-refractivity contribution in [3.05, 3.63) is 23.8 Å². The maximum atomic E-state index is 5.63. The highest BCUT2D eigenvalue weighted by atomic mass is 16.5. The second-order valence-electron chi connectivity index (χ2n) is 5.61. The first kappa shape index (κ1) is 17.8. The molecule has 2 atom stereocenters. The summed E-state index contributed by atoms with van der Waals surface area (Å²) >= 11 is 0. The fraction of sp³-hybridized carbons (Fsp3) is 0.667. The molecule has 0 bridgehead atoms. The Bertz CT molecular complexity index is 420. The van der Waals surface area contributed by atoms with Crippen LogP contribution < -0.4 is 15.0 Å². The van der Waals surface area contributed by atoms with Gasteiger partial charge in [-0.25, -0.2) is 0 Å². The summed E-state index contributed by atoms with van der Waals surface area (Å²) in [5.41, 5.74) is 2.57. The number of hydrogen-bond donors (Lipinski definition) is 1. The van der Waals surface area contributed by atoms with E-state index < -0.39 is 0 Å². The topological polar surface area (TPSA) is 24.5 Å². The van der Waals surface area contributed by atoms with Crippen LogP contribution in [0.4, 0.5) is 5.69 Å². The third-order valence-corrected chi connectivity index (χ3v) is 4.17. The maximum Gasteiger partial charge on any atom is 0.125 e. The second kappa shape index (κ2) is 8.93. The predicted molar refractivity (Wildman–Crippen MR) is 92.5 cm³/mol. The minimum absolute atomic E-state index is 0.286. The Kier molecular flexibility index (Phi) is 7.58. The smallest absolute Gasteiger partial charge is 0.125 e. The predicted octanol–water partition coefficient (Wildman–Crippen LogP) is 4.38. The lowest BCUT2D eigenvalue weighted by Gasteiger charge is -2.33. The maximum absolute atomic E-state index is 5.63. The first-order valence-electron chi connectivity index (χ1n) is 8.27. The van der Waals surface area contributed by atoms with Crippen LogP contribution in [0.15, 0.2) is 18.2 Å². The van der Waals surface area contributed by atoms with Crippen LogP contribution in [0.25, 0.3) is 0 Å². The van der Waals surface area contributed by atoms with E-state index in [1.165, 1.54) is 11.3 Å². The summed E-state index contributed by atoms with van der Waals surface area (Å²) < 4.78 is 5.63. The van der Waals surface area contributed by atoms with Gasteiger partial charge < -0.3 is 15.0 Å². The fourth-order valence-electron chi connectivity index (χ4n) is 2.80. The van der Waals surface area contributed by atoms with Crippen LogP contribution in [0.5, 0.6) is 5.75 Å². The van der Waals surface area contributed by atoms with Crippen molar-refractivity contribution in [1.82, 2.24) is 5.32 Å². The van der Waals surface area contributed by atoms with Crippen LogP contribution in [-0.2, 0) is 0 Å². The molecule has 2 unspecified atom stereocenters. The van der Waals surface area contributed by atoms with Crippen LogP contribution in [0.1, 0.15) is 59.1 Å². The summed E-state index contributed by atoms with van der Waals surface area (Å²) in [7, 11) is 1.76. The average Bonchev–Trinajstić information content (AvgIpc) is 2.52. The van der Waals surface area contributed by atoms with Crippen molar-refractivity contribution >= 4 is 5.69 Å². The highest BCUT2D eigenvalue weighted by molar-refractivity contribution is 5.61. The molecule has 0 aliphatic carbocycles. The molecular formula is C18H32N2O. The average molecular weight is 292 g/mol. The van der Waals surface area contributed by atoms with Gasteiger partial charge in [-0.15, -0.1) is 0 Å². The molecule has 21 heavy (non-hydrogen) atoms. The molecule has 0 saturated heterocycles. The molecule has 3 nitrogen and oxygen atoms in total. The Labute approximate surface area is 130 Å². The zero-order valence-corrected chi connectivity index (χ0v) is 14.6. The number of anilines is 1. The second-order valence-corrected chi connectivity index (χ2v) is 5.61. The van der Waals surface area contributed by atoms with Crippen molar-refractivity contribution in [3.63, 3.8) is 0 Å². The van der Waals surface area contributed by atoms with Crippen LogP contribution in [0.3, 0.4) is 0 Å². The van der Waals surface area contributed by atoms with E-state index in [0.717, 1.165) is 31.7 Å². The van der Waals surface area contributed by atoms with E-state index >= 15 is 0 Å². The van der Waals surface area contributed by atoms with Gasteiger partial charge in [0, 0.05) is 29.9 Å². The summed E-state index contributed by atoms with van der Waals surface area (Å²) in [5.74, 6) is 0.977. The van der Waals surface area contributed by atoms with E-state index in [9.17, 15) is 0 Å². The van der Waals surface area contributed by atoms with Gasteiger partial charge >= 0.3 is 0 Å². The van der Waals surface area contributed by atoms with Gasteiger partial charge in [-0.1, -0.05) is 19.9 Å². The summed E-state index contributed by atoms with van der Waals surface area (Å²) in [6.07, 6.45) is 2.28. The van der Waals surface area contributed by atoms with E-state index in [4.69, 9.17) is 4.74 Å². The van der Waals surface area contributed by atoms with Gasteiger partial charge in [0.1, 0.15) is 5.75 Å². The number of ether oxygens (including phenoxy) is 1. The largest absolute Gasteiger partial charge is 0.496 e. The highest BCUT2D eigenvalue weighted by Crippen LogP contribution is 2.35. The van der Waals surface area contributed by atoms with E-state index in [-0.39, 0.29) is 6.04 Å². The van der Waals surface area contributed by atoms with Crippen LogP contribution in [0, 0.1) is 0 Å². The van der Waals surface area contributed by atoms with Gasteiger partial charge in [0.2, 0.25) is 0 Å². The summed E-state index contributed by atoms with van der Waals surface area (Å²) in [4.78, 5) is 2.47. The number of benzene rings is 1. The Hall–Kier alpha value is -1.22. The lowest BCUT2D eigenvalue weighted by Crippen LogP contribution is -2.34. The molecule has 0 heterocycles. The third kappa shape index (κ3) is 4.37. The summed E-state index contributed by atoms with van der Waals surface area (Å²) in [5, 5.41) is 3.59. The first-order valence-corrected chi connectivity index (χ1v) is 8.27. The van der Waals surface area contributed by atoms with Crippen LogP contribution in [0.2, 0.25) is 0 Å². The molecule has 0 radical (unpaired) electrons. The molecule has 120 valence electrons. The number of methoxy groups -OCH3 is 1. The normalized spacial score (nSPS) is 13.8. The van der Waals surface area contributed by atoms with Crippen molar-refractivity contribution in [1.29, 1.82) is 0 Å². The van der Waals surface area contributed by atoms with E-state index in [1.807, 2.05) is 0 Å². The molecule has 0 aromatic heterocycles. The van der Waals surface area contributed by atoms with Crippen molar-refractivity contribution in [2.75, 3.05) is 25.1 Å². The van der Waals surface area contributed by atoms with Crippen molar-refractivity contribution in [3.8, 4) is 5.75 Å². The van der Waals surface area contributed by atoms with Gasteiger partial charge in [-0.3, -0.25) is 0 Å². The Morgan fingerprint density at radius 2 is 1.90 bits per heavy atom. The zero-order chi connectivity index (χ0) is 15.8. The molecule has 0 spiro atoms. The molecule has 0 amide bonds. The SMILES string of the molecule is CCCNC(C)c1c(OC)cccc1N(CC)C(C)CC. The van der Waals surface area contributed by atoms with Crippen molar-refractivity contribution < 1.29 is 4.74 Å². The van der Waals surface area contributed by atoms with Crippen LogP contribution >= 0.6 is 0 Å². The quantitative estimate of drug-likeness (QED) is 0.731. The Morgan fingerprint density at radius 1 is 1.19 bits per heavy atom. The molecule has 3 heteroatoms. The fourth-order valence-corrected chi connectivity index (χ4v) is 2.80. The summed E-state index contributed by atoms with van der Waals surface area (Å²) in [6, 6.07) is 7.19. The molecule has 1 aromatic carbocycles. The van der Waals surface area contributed by atoms with E-state index in [1.54, 1.807) is 7.11 Å². The standard InChI is InChI=1S/C18H32N2O/c1-7-13-19-15(5)18-16(11-10-12-17(18)21-6)20(9-3)14(4)8-2/h10-12,14-15,19H,7-9,13H2,1-6H3. The van der Waals surface area contributed by atoms with Crippen molar-refractivity contribution in [2.45, 2.75) is 59.5 Å². The Morgan fingerprint density at radius 3 is 2.43 bits per heavy atom. The molecule has 1 N–H and O–H groups in total. The molecule has 0 saturated carbocycles. The first-order chi connectivity index (χ1) is 10.1. The lowest BCUT2D eigenvalue weighted by atomic mass is 10.0.